The van der Waals surface area contributed by atoms with Crippen molar-refractivity contribution in [3.8, 4) is 5.75 Å². The Labute approximate surface area is 147 Å². The Morgan fingerprint density at radius 3 is 2.44 bits per heavy atom. The van der Waals surface area contributed by atoms with Crippen LogP contribution in [0, 0.1) is 0 Å². The number of benzene rings is 1. The summed E-state index contributed by atoms with van der Waals surface area (Å²) in [6.45, 7) is 6.89. The predicted molar refractivity (Wildman–Crippen MR) is 91.6 cm³/mol. The molecule has 0 radical (unpaired) electrons. The summed E-state index contributed by atoms with van der Waals surface area (Å²) in [5.41, 5.74) is 0.909. The zero-order valence-corrected chi connectivity index (χ0v) is 15.2. The molecule has 0 aromatic heterocycles. The third kappa shape index (κ3) is 3.79. The standard InChI is InChI=1S/C19H25NO5/c1-18(2,3)25-16(21)15-12-5-8-20-11-13(15)10-14(9-12)24-19(6-7-19)17(22)23-4/h9-10,20H,5-8,11H2,1-4H3. The highest BCUT2D eigenvalue weighted by molar-refractivity contribution is 5.93. The molecule has 1 saturated carbocycles. The van der Waals surface area contributed by atoms with Gasteiger partial charge in [-0.15, -0.1) is 0 Å². The van der Waals surface area contributed by atoms with Gasteiger partial charge in [-0.2, -0.15) is 0 Å². The Morgan fingerprint density at radius 2 is 1.84 bits per heavy atom. The van der Waals surface area contributed by atoms with E-state index < -0.39 is 11.2 Å². The van der Waals surface area contributed by atoms with Gasteiger partial charge in [0.1, 0.15) is 11.4 Å². The SMILES string of the molecule is COC(=O)C1(Oc2cc3c(C(=O)OC(C)(C)C)c(c2)CNCC3)CC1. The molecule has 0 atom stereocenters. The number of nitrogens with one attached hydrogen (secondary N) is 1. The predicted octanol–water partition coefficient (Wildman–Crippen LogP) is 2.37. The Balaban J connectivity index is 1.92. The van der Waals surface area contributed by atoms with E-state index in [4.69, 9.17) is 14.2 Å². The lowest BCUT2D eigenvalue weighted by molar-refractivity contribution is -0.151. The van der Waals surface area contributed by atoms with Crippen molar-refractivity contribution < 1.29 is 23.8 Å². The summed E-state index contributed by atoms with van der Waals surface area (Å²) in [6.07, 6.45) is 2.00. The van der Waals surface area contributed by atoms with Crippen LogP contribution in [0.15, 0.2) is 12.1 Å². The molecule has 1 aliphatic heterocycles. The van der Waals surface area contributed by atoms with Crippen LogP contribution in [0.2, 0.25) is 0 Å². The molecule has 0 saturated heterocycles. The second-order valence-corrected chi connectivity index (χ2v) is 7.63. The first-order valence-electron chi connectivity index (χ1n) is 8.61. The van der Waals surface area contributed by atoms with Gasteiger partial charge in [-0.1, -0.05) is 0 Å². The molecule has 1 N–H and O–H groups in total. The monoisotopic (exact) mass is 347 g/mol. The van der Waals surface area contributed by atoms with Gasteiger partial charge in [0.05, 0.1) is 12.7 Å². The lowest BCUT2D eigenvalue weighted by Crippen LogP contribution is -2.31. The minimum atomic E-state index is -0.863. The van der Waals surface area contributed by atoms with Crippen molar-refractivity contribution in [3.05, 3.63) is 28.8 Å². The van der Waals surface area contributed by atoms with Gasteiger partial charge in [-0.25, -0.2) is 9.59 Å². The van der Waals surface area contributed by atoms with Crippen molar-refractivity contribution in [3.63, 3.8) is 0 Å². The summed E-state index contributed by atoms with van der Waals surface area (Å²) < 4.78 is 16.4. The Hall–Kier alpha value is -2.08. The highest BCUT2D eigenvalue weighted by Gasteiger charge is 2.54. The number of rotatable bonds is 4. The van der Waals surface area contributed by atoms with Crippen molar-refractivity contribution in [2.45, 2.75) is 57.8 Å². The smallest absolute Gasteiger partial charge is 0.350 e. The Kier molecular flexibility index (Phi) is 4.49. The van der Waals surface area contributed by atoms with E-state index >= 15 is 0 Å². The number of hydrogen-bond acceptors (Lipinski definition) is 6. The van der Waals surface area contributed by atoms with E-state index in [-0.39, 0.29) is 11.9 Å². The van der Waals surface area contributed by atoms with Gasteiger partial charge in [-0.05, 0) is 57.0 Å². The van der Waals surface area contributed by atoms with Gasteiger partial charge in [0.2, 0.25) is 5.60 Å². The fraction of sp³-hybridized carbons (Fsp3) is 0.579. The molecule has 1 heterocycles. The summed E-state index contributed by atoms with van der Waals surface area (Å²) >= 11 is 0. The maximum atomic E-state index is 12.6. The van der Waals surface area contributed by atoms with Crippen molar-refractivity contribution in [2.24, 2.45) is 0 Å². The van der Waals surface area contributed by atoms with Crippen molar-refractivity contribution in [1.82, 2.24) is 5.32 Å². The summed E-state index contributed by atoms with van der Waals surface area (Å²) in [5, 5.41) is 3.30. The Bertz CT molecular complexity index is 673. The van der Waals surface area contributed by atoms with Crippen LogP contribution in [0.25, 0.3) is 0 Å². The highest BCUT2D eigenvalue weighted by Crippen LogP contribution is 2.42. The fourth-order valence-corrected chi connectivity index (χ4v) is 3.04. The second-order valence-electron chi connectivity index (χ2n) is 7.63. The molecule has 2 aliphatic rings. The van der Waals surface area contributed by atoms with E-state index in [0.717, 1.165) is 17.7 Å². The van der Waals surface area contributed by atoms with Crippen LogP contribution >= 0.6 is 0 Å². The second kappa shape index (κ2) is 6.33. The van der Waals surface area contributed by atoms with E-state index in [0.29, 0.717) is 37.1 Å². The van der Waals surface area contributed by atoms with E-state index in [9.17, 15) is 9.59 Å². The molecule has 0 unspecified atom stereocenters. The zero-order valence-electron chi connectivity index (χ0n) is 15.2. The molecule has 2 bridgehead atoms. The average Bonchev–Trinajstić information content (AvgIpc) is 3.30. The molecule has 1 aromatic carbocycles. The van der Waals surface area contributed by atoms with E-state index in [1.165, 1.54) is 7.11 Å². The normalized spacial score (nSPS) is 18.1. The van der Waals surface area contributed by atoms with Gasteiger partial charge in [0.15, 0.2) is 0 Å². The van der Waals surface area contributed by atoms with Crippen LogP contribution < -0.4 is 10.1 Å². The van der Waals surface area contributed by atoms with E-state index in [1.807, 2.05) is 32.9 Å². The molecular weight excluding hydrogens is 322 g/mol. The lowest BCUT2D eigenvalue weighted by atomic mass is 9.99. The molecule has 1 fully saturated rings. The zero-order chi connectivity index (χ0) is 18.2. The highest BCUT2D eigenvalue weighted by atomic mass is 16.6. The van der Waals surface area contributed by atoms with Crippen molar-refractivity contribution >= 4 is 11.9 Å². The fourth-order valence-electron chi connectivity index (χ4n) is 3.04. The first-order chi connectivity index (χ1) is 11.7. The molecule has 25 heavy (non-hydrogen) atoms. The summed E-state index contributed by atoms with van der Waals surface area (Å²) in [5.74, 6) is -0.0643. The summed E-state index contributed by atoms with van der Waals surface area (Å²) in [7, 11) is 1.37. The van der Waals surface area contributed by atoms with E-state index in [1.54, 1.807) is 0 Å². The van der Waals surface area contributed by atoms with Crippen molar-refractivity contribution in [2.75, 3.05) is 13.7 Å². The van der Waals surface area contributed by atoms with Crippen molar-refractivity contribution in [1.29, 1.82) is 0 Å². The van der Waals surface area contributed by atoms with Gasteiger partial charge in [0, 0.05) is 19.4 Å². The maximum Gasteiger partial charge on any atom is 0.350 e. The minimum absolute atomic E-state index is 0.318. The molecule has 1 aliphatic carbocycles. The topological polar surface area (TPSA) is 73.9 Å². The number of esters is 2. The van der Waals surface area contributed by atoms with Gasteiger partial charge in [0.25, 0.3) is 0 Å². The Morgan fingerprint density at radius 1 is 1.16 bits per heavy atom. The number of ether oxygens (including phenoxy) is 3. The van der Waals surface area contributed by atoms with Crippen LogP contribution in [0.4, 0.5) is 0 Å². The van der Waals surface area contributed by atoms with Gasteiger partial charge < -0.3 is 19.5 Å². The first-order valence-corrected chi connectivity index (χ1v) is 8.61. The van der Waals surface area contributed by atoms with Crippen LogP contribution in [-0.4, -0.2) is 36.8 Å². The first kappa shape index (κ1) is 17.7. The van der Waals surface area contributed by atoms with Crippen LogP contribution in [0.3, 0.4) is 0 Å². The molecule has 6 heteroatoms. The largest absolute Gasteiger partial charge is 0.476 e. The molecule has 0 amide bonds. The van der Waals surface area contributed by atoms with Gasteiger partial charge >= 0.3 is 11.9 Å². The third-order valence-corrected chi connectivity index (χ3v) is 4.34. The molecule has 1 aromatic rings. The quantitative estimate of drug-likeness (QED) is 0.843. The number of hydrogen-bond donors (Lipinski definition) is 1. The van der Waals surface area contributed by atoms with Crippen LogP contribution in [0.1, 0.15) is 55.1 Å². The number of methoxy groups -OCH3 is 1. The third-order valence-electron chi connectivity index (χ3n) is 4.34. The number of carbonyl (C=O) groups is 2. The molecule has 3 rings (SSSR count). The number of fused-ring (bicyclic) bond motifs is 2. The summed E-state index contributed by atoms with van der Waals surface area (Å²) in [6, 6.07) is 3.67. The molecule has 136 valence electrons. The number of carbonyl (C=O) groups excluding carboxylic acids is 2. The average molecular weight is 347 g/mol. The maximum absolute atomic E-state index is 12.6. The van der Waals surface area contributed by atoms with E-state index in [2.05, 4.69) is 5.32 Å². The summed E-state index contributed by atoms with van der Waals surface area (Å²) in [4.78, 5) is 24.6. The minimum Gasteiger partial charge on any atom is -0.476 e. The lowest BCUT2D eigenvalue weighted by Gasteiger charge is -2.22. The van der Waals surface area contributed by atoms with Crippen LogP contribution in [-0.2, 0) is 27.2 Å². The molecule has 6 nitrogen and oxygen atoms in total. The molecular formula is C19H25NO5. The molecule has 0 spiro atoms. The van der Waals surface area contributed by atoms with Gasteiger partial charge in [-0.3, -0.25) is 0 Å². The van der Waals surface area contributed by atoms with Crippen LogP contribution in [0.5, 0.6) is 5.75 Å².